The molecule has 2 aliphatic rings. The molecular weight excluding hydrogens is 444 g/mol. The van der Waals surface area contributed by atoms with Gasteiger partial charge in [0.15, 0.2) is 5.82 Å². The first kappa shape index (κ1) is 23.8. The molecule has 33 heavy (non-hydrogen) atoms. The smallest absolute Gasteiger partial charge is 0.243 e. The molecular formula is C22H32N6O4S. The number of nitrogens with one attached hydrogen (secondary N) is 1. The van der Waals surface area contributed by atoms with Crippen LogP contribution in [-0.2, 0) is 21.4 Å². The Morgan fingerprint density at radius 1 is 1.09 bits per heavy atom. The Morgan fingerprint density at radius 2 is 1.79 bits per heavy atom. The SMILES string of the molecule is CC(C)c1noc(CN2CCN(CC(=O)Nc3cccc(S(=O)(=O)N4CCCC4)c3)CC2)n1. The van der Waals surface area contributed by atoms with Crippen molar-refractivity contribution in [2.45, 2.75) is 44.0 Å². The minimum absolute atomic E-state index is 0.155. The Balaban J connectivity index is 1.26. The molecule has 180 valence electrons. The number of aromatic nitrogens is 2. The largest absolute Gasteiger partial charge is 0.338 e. The minimum atomic E-state index is -3.51. The molecule has 2 fully saturated rings. The van der Waals surface area contributed by atoms with Crippen LogP contribution in [0.5, 0.6) is 0 Å². The van der Waals surface area contributed by atoms with Crippen LogP contribution in [0.2, 0.25) is 0 Å². The molecule has 2 aromatic rings. The molecule has 0 atom stereocenters. The average Bonchev–Trinajstić information content (AvgIpc) is 3.48. The van der Waals surface area contributed by atoms with Crippen LogP contribution in [0.3, 0.4) is 0 Å². The molecule has 3 heterocycles. The third kappa shape index (κ3) is 5.97. The van der Waals surface area contributed by atoms with E-state index < -0.39 is 10.0 Å². The second-order valence-corrected chi connectivity index (χ2v) is 10.9. The van der Waals surface area contributed by atoms with Gasteiger partial charge in [-0.05, 0) is 31.0 Å². The summed E-state index contributed by atoms with van der Waals surface area (Å²) in [6.07, 6.45) is 1.77. The quantitative estimate of drug-likeness (QED) is 0.613. The van der Waals surface area contributed by atoms with Crippen molar-refractivity contribution < 1.29 is 17.7 Å². The number of carbonyl (C=O) groups excluding carboxylic acids is 1. The highest BCUT2D eigenvalue weighted by atomic mass is 32.2. The number of sulfonamides is 1. The van der Waals surface area contributed by atoms with Crippen molar-refractivity contribution in [2.75, 3.05) is 51.1 Å². The van der Waals surface area contributed by atoms with Crippen LogP contribution in [0.15, 0.2) is 33.7 Å². The first-order chi connectivity index (χ1) is 15.8. The third-order valence-electron chi connectivity index (χ3n) is 6.01. The fourth-order valence-electron chi connectivity index (χ4n) is 4.08. The fraction of sp³-hybridized carbons (Fsp3) is 0.591. The van der Waals surface area contributed by atoms with Gasteiger partial charge in [0.25, 0.3) is 0 Å². The number of piperazine rings is 1. The highest BCUT2D eigenvalue weighted by molar-refractivity contribution is 7.89. The van der Waals surface area contributed by atoms with Gasteiger partial charge in [0.05, 0.1) is 18.0 Å². The van der Waals surface area contributed by atoms with E-state index in [1.54, 1.807) is 24.3 Å². The number of rotatable bonds is 8. The second-order valence-electron chi connectivity index (χ2n) is 8.94. The van der Waals surface area contributed by atoms with Crippen LogP contribution >= 0.6 is 0 Å². The van der Waals surface area contributed by atoms with Crippen LogP contribution < -0.4 is 5.32 Å². The standard InChI is InChI=1S/C22H32N6O4S/c1-17(2)22-24-21(32-25-22)16-27-12-10-26(11-13-27)15-20(29)23-18-6-5-7-19(14-18)33(30,31)28-8-3-4-9-28/h5-7,14,17H,3-4,8-13,15-16H2,1-2H3,(H,23,29). The topological polar surface area (TPSA) is 112 Å². The normalized spacial score (nSPS) is 18.8. The second kappa shape index (κ2) is 10.3. The van der Waals surface area contributed by atoms with Crippen molar-refractivity contribution in [1.29, 1.82) is 0 Å². The predicted molar refractivity (Wildman–Crippen MR) is 123 cm³/mol. The van der Waals surface area contributed by atoms with Crippen molar-refractivity contribution >= 4 is 21.6 Å². The molecule has 0 unspecified atom stereocenters. The van der Waals surface area contributed by atoms with Crippen LogP contribution in [0.4, 0.5) is 5.69 Å². The van der Waals surface area contributed by atoms with Gasteiger partial charge in [-0.1, -0.05) is 25.1 Å². The lowest BCUT2D eigenvalue weighted by Crippen LogP contribution is -2.48. The predicted octanol–water partition coefficient (Wildman–Crippen LogP) is 1.73. The number of anilines is 1. The van der Waals surface area contributed by atoms with E-state index in [4.69, 9.17) is 4.52 Å². The Labute approximate surface area is 195 Å². The lowest BCUT2D eigenvalue weighted by Gasteiger charge is -2.33. The van der Waals surface area contributed by atoms with Gasteiger partial charge in [-0.2, -0.15) is 9.29 Å². The van der Waals surface area contributed by atoms with E-state index in [-0.39, 0.29) is 23.3 Å². The zero-order valence-electron chi connectivity index (χ0n) is 19.2. The maximum absolute atomic E-state index is 12.8. The molecule has 0 bridgehead atoms. The van der Waals surface area contributed by atoms with E-state index in [9.17, 15) is 13.2 Å². The third-order valence-corrected chi connectivity index (χ3v) is 7.91. The number of amides is 1. The van der Waals surface area contributed by atoms with Gasteiger partial charge in [0.1, 0.15) is 0 Å². The van der Waals surface area contributed by atoms with Crippen molar-refractivity contribution in [2.24, 2.45) is 0 Å². The van der Waals surface area contributed by atoms with E-state index >= 15 is 0 Å². The zero-order valence-corrected chi connectivity index (χ0v) is 20.1. The van der Waals surface area contributed by atoms with Crippen molar-refractivity contribution in [3.8, 4) is 0 Å². The van der Waals surface area contributed by atoms with Gasteiger partial charge in [-0.3, -0.25) is 14.6 Å². The van der Waals surface area contributed by atoms with E-state index in [0.29, 0.717) is 31.2 Å². The van der Waals surface area contributed by atoms with Gasteiger partial charge in [0.2, 0.25) is 21.8 Å². The molecule has 0 saturated carbocycles. The van der Waals surface area contributed by atoms with E-state index in [2.05, 4.69) is 25.3 Å². The number of benzene rings is 1. The summed E-state index contributed by atoms with van der Waals surface area (Å²) in [5.74, 6) is 1.42. The molecule has 1 N–H and O–H groups in total. The zero-order chi connectivity index (χ0) is 23.4. The minimum Gasteiger partial charge on any atom is -0.338 e. The van der Waals surface area contributed by atoms with Crippen molar-refractivity contribution in [1.82, 2.24) is 24.2 Å². The Bertz CT molecular complexity index is 1060. The maximum atomic E-state index is 12.8. The summed E-state index contributed by atoms with van der Waals surface area (Å²) in [6.45, 7) is 9.14. The summed E-state index contributed by atoms with van der Waals surface area (Å²) in [6, 6.07) is 6.50. The molecule has 11 heteroatoms. The summed E-state index contributed by atoms with van der Waals surface area (Å²) in [5, 5.41) is 6.85. The van der Waals surface area contributed by atoms with Crippen molar-refractivity contribution in [3.05, 3.63) is 36.0 Å². The van der Waals surface area contributed by atoms with Crippen molar-refractivity contribution in [3.63, 3.8) is 0 Å². The molecule has 0 radical (unpaired) electrons. The first-order valence-electron chi connectivity index (χ1n) is 11.5. The van der Waals surface area contributed by atoms with Gasteiger partial charge in [-0.15, -0.1) is 0 Å². The molecule has 2 saturated heterocycles. The molecule has 1 amide bonds. The molecule has 0 spiro atoms. The molecule has 1 aromatic heterocycles. The van der Waals surface area contributed by atoms with E-state index in [1.807, 2.05) is 13.8 Å². The van der Waals surface area contributed by atoms with Gasteiger partial charge in [-0.25, -0.2) is 8.42 Å². The van der Waals surface area contributed by atoms with Crippen LogP contribution in [0, 0.1) is 0 Å². The summed E-state index contributed by atoms with van der Waals surface area (Å²) in [7, 11) is -3.51. The van der Waals surface area contributed by atoms with Crippen LogP contribution in [0.1, 0.15) is 44.3 Å². The molecule has 2 aliphatic heterocycles. The Hall–Kier alpha value is -2.34. The van der Waals surface area contributed by atoms with Gasteiger partial charge in [0, 0.05) is 50.9 Å². The monoisotopic (exact) mass is 476 g/mol. The van der Waals surface area contributed by atoms with Crippen LogP contribution in [0.25, 0.3) is 0 Å². The first-order valence-corrected chi connectivity index (χ1v) is 12.9. The molecule has 10 nitrogen and oxygen atoms in total. The maximum Gasteiger partial charge on any atom is 0.243 e. The number of carbonyl (C=O) groups is 1. The fourth-order valence-corrected chi connectivity index (χ4v) is 5.64. The summed E-state index contributed by atoms with van der Waals surface area (Å²) < 4.78 is 32.4. The number of hydrogen-bond acceptors (Lipinski definition) is 8. The van der Waals surface area contributed by atoms with E-state index in [0.717, 1.165) is 44.8 Å². The lowest BCUT2D eigenvalue weighted by atomic mass is 10.2. The lowest BCUT2D eigenvalue weighted by molar-refractivity contribution is -0.117. The molecule has 0 aliphatic carbocycles. The highest BCUT2D eigenvalue weighted by Gasteiger charge is 2.27. The summed E-state index contributed by atoms with van der Waals surface area (Å²) >= 11 is 0. The van der Waals surface area contributed by atoms with Gasteiger partial charge < -0.3 is 9.84 Å². The molecule has 1 aromatic carbocycles. The summed E-state index contributed by atoms with van der Waals surface area (Å²) in [5.41, 5.74) is 0.497. The number of hydrogen-bond donors (Lipinski definition) is 1. The van der Waals surface area contributed by atoms with Gasteiger partial charge >= 0.3 is 0 Å². The average molecular weight is 477 g/mol. The Kier molecular flexibility index (Phi) is 7.42. The Morgan fingerprint density at radius 3 is 2.45 bits per heavy atom. The highest BCUT2D eigenvalue weighted by Crippen LogP contribution is 2.23. The van der Waals surface area contributed by atoms with Crippen LogP contribution in [-0.4, -0.2) is 84.4 Å². The number of nitrogens with zero attached hydrogens (tertiary/aromatic N) is 5. The van der Waals surface area contributed by atoms with E-state index in [1.165, 1.54) is 4.31 Å². The summed E-state index contributed by atoms with van der Waals surface area (Å²) in [4.78, 5) is 21.5. The molecule has 4 rings (SSSR count).